The molecule has 0 aliphatic heterocycles. The van der Waals surface area contributed by atoms with Crippen LogP contribution in [0.4, 0.5) is 24.8 Å². The lowest BCUT2D eigenvalue weighted by Crippen LogP contribution is -2.51. The molecular weight excluding hydrogens is 617 g/mol. The quantitative estimate of drug-likeness (QED) is 0.205. The summed E-state index contributed by atoms with van der Waals surface area (Å²) in [4.78, 5) is 32.0. The number of ether oxygens (including phenoxy) is 1. The Morgan fingerprint density at radius 2 is 1.89 bits per heavy atom. The summed E-state index contributed by atoms with van der Waals surface area (Å²) in [5.41, 5.74) is 0.771. The molecular formula is C30H33F3N12O2. The molecule has 246 valence electrons. The van der Waals surface area contributed by atoms with E-state index in [1.807, 2.05) is 13.0 Å². The second kappa shape index (κ2) is 11.7. The number of aromatic amines is 1. The average molecular weight is 651 g/mol. The maximum absolute atomic E-state index is 13.8. The molecule has 2 aliphatic rings. The maximum Gasteiger partial charge on any atom is 0.252 e. The van der Waals surface area contributed by atoms with Crippen LogP contribution in [-0.4, -0.2) is 74.2 Å². The predicted octanol–water partition coefficient (Wildman–Crippen LogP) is 4.61. The van der Waals surface area contributed by atoms with E-state index in [1.165, 1.54) is 30.4 Å². The number of amides is 1. The zero-order valence-corrected chi connectivity index (χ0v) is 25.9. The van der Waals surface area contributed by atoms with Crippen LogP contribution >= 0.6 is 0 Å². The first-order valence-corrected chi connectivity index (χ1v) is 15.3. The Bertz CT molecular complexity index is 1900. The summed E-state index contributed by atoms with van der Waals surface area (Å²) in [6, 6.07) is 0.892. The van der Waals surface area contributed by atoms with E-state index in [0.717, 1.165) is 11.9 Å². The molecule has 3 N–H and O–H groups in total. The Labute approximate surface area is 266 Å². The Morgan fingerprint density at radius 1 is 1.11 bits per heavy atom. The number of rotatable bonds is 9. The number of methoxy groups -OCH3 is 1. The molecule has 2 saturated carbocycles. The molecule has 17 heteroatoms. The van der Waals surface area contributed by atoms with E-state index < -0.39 is 29.4 Å². The first-order chi connectivity index (χ1) is 22.5. The minimum absolute atomic E-state index is 0.119. The summed E-state index contributed by atoms with van der Waals surface area (Å²) in [5, 5.41) is 22.3. The first kappa shape index (κ1) is 30.7. The lowest BCUT2D eigenvalue weighted by Gasteiger charge is -2.38. The molecule has 2 fully saturated rings. The van der Waals surface area contributed by atoms with Gasteiger partial charge in [0.05, 0.1) is 54.1 Å². The summed E-state index contributed by atoms with van der Waals surface area (Å²) < 4.78 is 49.6. The molecule has 0 radical (unpaired) electrons. The number of alkyl halides is 2. The molecule has 0 spiro atoms. The number of halogens is 3. The van der Waals surface area contributed by atoms with Crippen molar-refractivity contribution in [3.63, 3.8) is 0 Å². The molecule has 0 unspecified atom stereocenters. The summed E-state index contributed by atoms with van der Waals surface area (Å²) in [7, 11) is 1.52. The van der Waals surface area contributed by atoms with Crippen LogP contribution in [0.25, 0.3) is 16.9 Å². The fourth-order valence-electron chi connectivity index (χ4n) is 6.26. The van der Waals surface area contributed by atoms with Crippen LogP contribution in [0.15, 0.2) is 37.1 Å². The molecule has 7 rings (SSSR count). The minimum Gasteiger partial charge on any atom is -0.368 e. The van der Waals surface area contributed by atoms with E-state index in [1.54, 1.807) is 17.8 Å². The summed E-state index contributed by atoms with van der Waals surface area (Å²) in [6.45, 7) is 3.67. The number of H-pyrrole nitrogens is 1. The van der Waals surface area contributed by atoms with Gasteiger partial charge in [-0.15, -0.1) is 0 Å². The number of nitrogens with zero attached hydrogens (tertiary/aromatic N) is 9. The van der Waals surface area contributed by atoms with E-state index in [-0.39, 0.29) is 24.7 Å². The highest BCUT2D eigenvalue weighted by molar-refractivity contribution is 5.88. The Morgan fingerprint density at radius 3 is 2.51 bits per heavy atom. The fraction of sp³-hybridized carbons (Fsp3) is 0.467. The molecule has 47 heavy (non-hydrogen) atoms. The first-order valence-electron chi connectivity index (χ1n) is 15.3. The van der Waals surface area contributed by atoms with E-state index in [9.17, 15) is 18.0 Å². The summed E-state index contributed by atoms with van der Waals surface area (Å²) in [5.74, 6) is -1.69. The number of carbonyl (C=O) groups is 1. The topological polar surface area (TPSA) is 166 Å². The van der Waals surface area contributed by atoms with Crippen molar-refractivity contribution in [3.05, 3.63) is 60.1 Å². The lowest BCUT2D eigenvalue weighted by molar-refractivity contribution is -0.148. The molecule has 0 bridgehead atoms. The molecule has 0 aromatic carbocycles. The van der Waals surface area contributed by atoms with Gasteiger partial charge < -0.3 is 15.4 Å². The highest BCUT2D eigenvalue weighted by Crippen LogP contribution is 2.46. The van der Waals surface area contributed by atoms with Crippen LogP contribution in [-0.2, 0) is 9.53 Å². The van der Waals surface area contributed by atoms with E-state index >= 15 is 0 Å². The van der Waals surface area contributed by atoms with Crippen LogP contribution in [0, 0.1) is 12.7 Å². The van der Waals surface area contributed by atoms with Gasteiger partial charge >= 0.3 is 0 Å². The number of aromatic nitrogens is 10. The molecule has 1 amide bonds. The van der Waals surface area contributed by atoms with Gasteiger partial charge in [0.2, 0.25) is 0 Å². The number of hydrogen-bond acceptors (Lipinski definition) is 10. The van der Waals surface area contributed by atoms with Crippen LogP contribution in [0.1, 0.15) is 80.7 Å². The Hall–Kier alpha value is -4.93. The van der Waals surface area contributed by atoms with E-state index in [0.29, 0.717) is 65.7 Å². The van der Waals surface area contributed by atoms with Crippen LogP contribution in [0.2, 0.25) is 0 Å². The third-order valence-electron chi connectivity index (χ3n) is 9.04. The SMILES string of the molecule is CO[C@]1(C(=O)N[C@@H](C)c2cnc(-n3cc(F)cn3)cn2)CC[C@@H](c2nc(Nc3cc(C)[nH]n3)c3cnn(C4CC(F)(F)C4)c3n2)CC1. The van der Waals surface area contributed by atoms with Crippen molar-refractivity contribution in [1.29, 1.82) is 0 Å². The monoisotopic (exact) mass is 650 g/mol. The minimum atomic E-state index is -2.71. The van der Waals surface area contributed by atoms with Gasteiger partial charge in [-0.1, -0.05) is 0 Å². The molecule has 2 aliphatic carbocycles. The van der Waals surface area contributed by atoms with Gasteiger partial charge in [-0.3, -0.25) is 14.9 Å². The fourth-order valence-corrected chi connectivity index (χ4v) is 6.26. The van der Waals surface area contributed by atoms with Crippen LogP contribution < -0.4 is 10.6 Å². The zero-order chi connectivity index (χ0) is 32.9. The van der Waals surface area contributed by atoms with Crippen molar-refractivity contribution >= 4 is 28.6 Å². The number of fused-ring (bicyclic) bond motifs is 1. The van der Waals surface area contributed by atoms with Crippen molar-refractivity contribution in [2.45, 2.75) is 81.9 Å². The van der Waals surface area contributed by atoms with Crippen molar-refractivity contribution < 1.29 is 22.7 Å². The van der Waals surface area contributed by atoms with E-state index in [2.05, 4.69) is 41.0 Å². The number of anilines is 2. The third-order valence-corrected chi connectivity index (χ3v) is 9.04. The number of hydrogen-bond donors (Lipinski definition) is 3. The van der Waals surface area contributed by atoms with Crippen molar-refractivity contribution in [2.75, 3.05) is 12.4 Å². The van der Waals surface area contributed by atoms with Gasteiger partial charge in [0, 0.05) is 37.6 Å². The van der Waals surface area contributed by atoms with Crippen molar-refractivity contribution in [1.82, 2.24) is 55.0 Å². The second-order valence-electron chi connectivity index (χ2n) is 12.3. The van der Waals surface area contributed by atoms with Gasteiger partial charge in [0.1, 0.15) is 17.2 Å². The average Bonchev–Trinajstić information content (AvgIpc) is 3.79. The normalized spacial score (nSPS) is 21.8. The molecule has 5 aromatic heterocycles. The Balaban J connectivity index is 1.08. The number of nitrogens with one attached hydrogen (secondary N) is 3. The van der Waals surface area contributed by atoms with Crippen molar-refractivity contribution in [3.8, 4) is 5.82 Å². The van der Waals surface area contributed by atoms with Gasteiger partial charge in [-0.25, -0.2) is 37.5 Å². The summed E-state index contributed by atoms with van der Waals surface area (Å²) >= 11 is 0. The number of aryl methyl sites for hydroxylation is 1. The van der Waals surface area contributed by atoms with Crippen LogP contribution in [0.5, 0.6) is 0 Å². The van der Waals surface area contributed by atoms with E-state index in [4.69, 9.17) is 14.7 Å². The van der Waals surface area contributed by atoms with Crippen molar-refractivity contribution in [2.24, 2.45) is 0 Å². The third kappa shape index (κ3) is 5.90. The molecule has 5 heterocycles. The van der Waals surface area contributed by atoms with Gasteiger partial charge in [-0.2, -0.15) is 15.3 Å². The van der Waals surface area contributed by atoms with Gasteiger partial charge in [0.15, 0.2) is 23.1 Å². The summed E-state index contributed by atoms with van der Waals surface area (Å²) in [6.07, 6.45) is 8.14. The predicted molar refractivity (Wildman–Crippen MR) is 162 cm³/mol. The smallest absolute Gasteiger partial charge is 0.252 e. The molecule has 14 nitrogen and oxygen atoms in total. The van der Waals surface area contributed by atoms with Gasteiger partial charge in [-0.05, 0) is 39.5 Å². The van der Waals surface area contributed by atoms with Crippen LogP contribution in [0.3, 0.4) is 0 Å². The standard InChI is InChI=1S/C30H33F3N12O2/c1-16-8-23(43-42-16)39-26-21-12-37-45(20-9-30(32,33)10-20)27(21)41-25(40-26)18-4-6-29(47-3,7-5-18)28(46)38-17(2)22-13-35-24(14-34-22)44-15-19(31)11-36-44/h8,11-15,17-18,20H,4-7,9-10H2,1-3H3,(H,38,46)(H2,39,40,41,42,43)/t17-,18-,29-/m0/s1. The maximum atomic E-state index is 13.8. The molecule has 5 aromatic rings. The molecule has 1 atom stereocenters. The lowest BCUT2D eigenvalue weighted by atomic mass is 9.77. The number of carbonyl (C=O) groups excluding carboxylic acids is 1. The second-order valence-corrected chi connectivity index (χ2v) is 12.3. The highest BCUT2D eigenvalue weighted by atomic mass is 19.3. The van der Waals surface area contributed by atoms with Gasteiger partial charge in [0.25, 0.3) is 11.8 Å². The molecule has 0 saturated heterocycles. The zero-order valence-electron chi connectivity index (χ0n) is 25.9. The Kier molecular flexibility index (Phi) is 7.65. The largest absolute Gasteiger partial charge is 0.368 e. The highest BCUT2D eigenvalue weighted by Gasteiger charge is 2.48.